The minimum Gasteiger partial charge on any atom is -0.481 e. The number of carbonyl (C=O) groups is 1. The van der Waals surface area contributed by atoms with E-state index in [0.29, 0.717) is 0 Å². The van der Waals surface area contributed by atoms with Crippen LogP contribution in [-0.2, 0) is 4.79 Å². The van der Waals surface area contributed by atoms with Crippen LogP contribution in [0.2, 0.25) is 0 Å². The Kier molecular flexibility index (Phi) is 4.40. The van der Waals surface area contributed by atoms with E-state index < -0.39 is 5.97 Å². The van der Waals surface area contributed by atoms with Crippen LogP contribution in [0.25, 0.3) is 0 Å². The number of aliphatic hydroxyl groups excluding tert-OH is 1. The van der Waals surface area contributed by atoms with Crippen molar-refractivity contribution >= 4 is 5.97 Å². The van der Waals surface area contributed by atoms with E-state index in [0.717, 1.165) is 38.8 Å². The van der Waals surface area contributed by atoms with E-state index in [-0.39, 0.29) is 24.5 Å². The second kappa shape index (κ2) is 5.83. The summed E-state index contributed by atoms with van der Waals surface area (Å²) in [5, 5.41) is 18.9. The third-order valence-electron chi connectivity index (χ3n) is 4.19. The fourth-order valence-corrected chi connectivity index (χ4v) is 3.27. The van der Waals surface area contributed by atoms with Crippen molar-refractivity contribution in [3.63, 3.8) is 0 Å². The van der Waals surface area contributed by atoms with Crippen LogP contribution in [0, 0.1) is 5.92 Å². The summed E-state index contributed by atoms with van der Waals surface area (Å²) in [5.74, 6) is -0.416. The third-order valence-corrected chi connectivity index (χ3v) is 4.19. The molecule has 1 saturated heterocycles. The summed E-state index contributed by atoms with van der Waals surface area (Å²) < 4.78 is 0. The normalized spacial score (nSPS) is 35.7. The Morgan fingerprint density at radius 1 is 1.18 bits per heavy atom. The summed E-state index contributed by atoms with van der Waals surface area (Å²) in [5.41, 5.74) is 0. The molecule has 2 fully saturated rings. The van der Waals surface area contributed by atoms with Crippen LogP contribution in [-0.4, -0.2) is 46.3 Å². The molecule has 3 atom stereocenters. The topological polar surface area (TPSA) is 60.8 Å². The minimum absolute atomic E-state index is 0.207. The van der Waals surface area contributed by atoms with Crippen LogP contribution < -0.4 is 0 Å². The van der Waals surface area contributed by atoms with Gasteiger partial charge < -0.3 is 10.2 Å². The number of hydrogen-bond donors (Lipinski definition) is 2. The van der Waals surface area contributed by atoms with Crippen molar-refractivity contribution in [2.45, 2.75) is 57.1 Å². The Hall–Kier alpha value is -0.610. The predicted molar refractivity (Wildman–Crippen MR) is 64.8 cm³/mol. The molecule has 0 bridgehead atoms. The van der Waals surface area contributed by atoms with E-state index in [9.17, 15) is 9.90 Å². The third kappa shape index (κ3) is 3.42. The quantitative estimate of drug-likeness (QED) is 0.735. The van der Waals surface area contributed by atoms with Crippen LogP contribution in [0.3, 0.4) is 0 Å². The van der Waals surface area contributed by atoms with E-state index in [4.69, 9.17) is 5.11 Å². The molecule has 0 spiro atoms. The maximum atomic E-state index is 10.7. The number of nitrogens with zero attached hydrogens (tertiary/aromatic N) is 1. The van der Waals surface area contributed by atoms with Gasteiger partial charge in [-0.2, -0.15) is 0 Å². The van der Waals surface area contributed by atoms with Crippen molar-refractivity contribution < 1.29 is 15.0 Å². The monoisotopic (exact) mass is 241 g/mol. The summed E-state index contributed by atoms with van der Waals surface area (Å²) in [7, 11) is 0. The molecule has 0 aromatic carbocycles. The fourth-order valence-electron chi connectivity index (χ4n) is 3.27. The first kappa shape index (κ1) is 12.8. The van der Waals surface area contributed by atoms with Crippen LogP contribution >= 0.6 is 0 Å². The zero-order valence-corrected chi connectivity index (χ0v) is 10.3. The summed E-state index contributed by atoms with van der Waals surface area (Å²) in [6.07, 6.45) is 6.56. The smallest absolute Gasteiger partial charge is 0.303 e. The van der Waals surface area contributed by atoms with Gasteiger partial charge in [0.15, 0.2) is 0 Å². The van der Waals surface area contributed by atoms with Gasteiger partial charge in [0.2, 0.25) is 0 Å². The highest BCUT2D eigenvalue weighted by molar-refractivity contribution is 5.67. The molecule has 3 unspecified atom stereocenters. The van der Waals surface area contributed by atoms with E-state index in [2.05, 4.69) is 4.90 Å². The maximum Gasteiger partial charge on any atom is 0.303 e. The van der Waals surface area contributed by atoms with Gasteiger partial charge in [-0.1, -0.05) is 19.3 Å². The van der Waals surface area contributed by atoms with Crippen molar-refractivity contribution in [1.82, 2.24) is 4.90 Å². The molecule has 0 aromatic heterocycles. The van der Waals surface area contributed by atoms with Crippen molar-refractivity contribution in [3.05, 3.63) is 0 Å². The number of likely N-dealkylation sites (tertiary alicyclic amines) is 1. The second-order valence-corrected chi connectivity index (χ2v) is 5.52. The highest BCUT2D eigenvalue weighted by atomic mass is 16.4. The van der Waals surface area contributed by atoms with Crippen LogP contribution in [0.4, 0.5) is 0 Å². The molecule has 1 aliphatic heterocycles. The van der Waals surface area contributed by atoms with Gasteiger partial charge in [0.1, 0.15) is 0 Å². The van der Waals surface area contributed by atoms with Gasteiger partial charge in [-0.15, -0.1) is 0 Å². The first-order valence-corrected chi connectivity index (χ1v) is 6.80. The molecule has 0 aromatic rings. The fraction of sp³-hybridized carbons (Fsp3) is 0.923. The molecule has 2 N–H and O–H groups in total. The summed E-state index contributed by atoms with van der Waals surface area (Å²) in [6.45, 7) is 1.81. The van der Waals surface area contributed by atoms with Gasteiger partial charge in [-0.05, 0) is 31.7 Å². The van der Waals surface area contributed by atoms with Crippen molar-refractivity contribution in [2.75, 3.05) is 13.1 Å². The molecule has 1 saturated carbocycles. The Bertz CT molecular complexity index is 269. The average Bonchev–Trinajstić information content (AvgIpc) is 2.59. The lowest BCUT2D eigenvalue weighted by Gasteiger charge is -2.30. The Balaban J connectivity index is 1.87. The number of rotatable bonds is 3. The first-order chi connectivity index (χ1) is 8.16. The number of aliphatic carboxylic acids is 1. The van der Waals surface area contributed by atoms with E-state index in [1.54, 1.807) is 0 Å². The van der Waals surface area contributed by atoms with Gasteiger partial charge in [-0.25, -0.2) is 0 Å². The largest absolute Gasteiger partial charge is 0.481 e. The van der Waals surface area contributed by atoms with E-state index in [1.165, 1.54) is 12.8 Å². The van der Waals surface area contributed by atoms with Crippen molar-refractivity contribution in [1.29, 1.82) is 0 Å². The molecule has 17 heavy (non-hydrogen) atoms. The summed E-state index contributed by atoms with van der Waals surface area (Å²) >= 11 is 0. The zero-order chi connectivity index (χ0) is 12.3. The van der Waals surface area contributed by atoms with E-state index >= 15 is 0 Å². The lowest BCUT2D eigenvalue weighted by Crippen LogP contribution is -2.41. The summed E-state index contributed by atoms with van der Waals surface area (Å²) in [4.78, 5) is 13.0. The molecule has 1 heterocycles. The highest BCUT2D eigenvalue weighted by Gasteiger charge is 2.33. The lowest BCUT2D eigenvalue weighted by atomic mass is 10.0. The molecular weight excluding hydrogens is 218 g/mol. The number of carboxylic acids is 1. The van der Waals surface area contributed by atoms with Gasteiger partial charge in [0.25, 0.3) is 0 Å². The second-order valence-electron chi connectivity index (χ2n) is 5.52. The van der Waals surface area contributed by atoms with Gasteiger partial charge >= 0.3 is 5.97 Å². The van der Waals surface area contributed by atoms with Crippen LogP contribution in [0.5, 0.6) is 0 Å². The van der Waals surface area contributed by atoms with Crippen molar-refractivity contribution in [2.24, 2.45) is 5.92 Å². The Labute approximate surface area is 103 Å². The zero-order valence-electron chi connectivity index (χ0n) is 10.3. The number of aliphatic hydroxyl groups is 1. The molecule has 4 heteroatoms. The Morgan fingerprint density at radius 2 is 1.94 bits per heavy atom. The molecule has 98 valence electrons. The molecular formula is C13H23NO3. The lowest BCUT2D eigenvalue weighted by molar-refractivity contribution is -0.138. The molecule has 0 radical (unpaired) electrons. The van der Waals surface area contributed by atoms with Gasteiger partial charge in [0, 0.05) is 19.0 Å². The molecule has 1 aliphatic carbocycles. The van der Waals surface area contributed by atoms with Gasteiger partial charge in [0.05, 0.1) is 6.10 Å². The number of carboxylic acid groups (broad SMARTS) is 1. The van der Waals surface area contributed by atoms with Crippen LogP contribution in [0.15, 0.2) is 0 Å². The first-order valence-electron chi connectivity index (χ1n) is 6.80. The number of hydrogen-bond acceptors (Lipinski definition) is 3. The molecule has 2 rings (SSSR count). The SMILES string of the molecule is O=C(O)CC1CCN(C2CCCCCC2O)C1. The van der Waals surface area contributed by atoms with Gasteiger partial charge in [-0.3, -0.25) is 9.69 Å². The maximum absolute atomic E-state index is 10.7. The Morgan fingerprint density at radius 3 is 2.71 bits per heavy atom. The molecule has 2 aliphatic rings. The predicted octanol–water partition coefficient (Wildman–Crippen LogP) is 1.48. The molecule has 4 nitrogen and oxygen atoms in total. The minimum atomic E-state index is -0.696. The van der Waals surface area contributed by atoms with E-state index in [1.807, 2.05) is 0 Å². The standard InChI is InChI=1S/C13H23NO3/c15-12-5-3-1-2-4-11(12)14-7-6-10(9-14)8-13(16)17/h10-12,15H,1-9H2,(H,16,17). The van der Waals surface area contributed by atoms with Crippen molar-refractivity contribution in [3.8, 4) is 0 Å². The van der Waals surface area contributed by atoms with Crippen LogP contribution in [0.1, 0.15) is 44.9 Å². The summed E-state index contributed by atoms with van der Waals surface area (Å²) in [6, 6.07) is 0.274. The average molecular weight is 241 g/mol. The highest BCUT2D eigenvalue weighted by Crippen LogP contribution is 2.28. The molecule has 0 amide bonds.